The lowest BCUT2D eigenvalue weighted by Gasteiger charge is -2.28. The SMILES string of the molecule is C=C(C#N)CN1Cc2c(cccc2C2=CC3C(C=C2)C=NN3CC(F)(F)F)C1=O. The van der Waals surface area contributed by atoms with Gasteiger partial charge in [0.15, 0.2) is 0 Å². The highest BCUT2D eigenvalue weighted by molar-refractivity contribution is 6.00. The number of halogens is 3. The van der Waals surface area contributed by atoms with Crippen molar-refractivity contribution in [2.45, 2.75) is 18.8 Å². The summed E-state index contributed by atoms with van der Waals surface area (Å²) >= 11 is 0. The number of carbonyl (C=O) groups is 1. The summed E-state index contributed by atoms with van der Waals surface area (Å²) in [6.45, 7) is 2.99. The Bertz CT molecular complexity index is 1020. The smallest absolute Gasteiger partial charge is 0.329 e. The summed E-state index contributed by atoms with van der Waals surface area (Å²) in [7, 11) is 0. The molecule has 1 aromatic carbocycles. The predicted octanol–water partition coefficient (Wildman–Crippen LogP) is 3.52. The molecule has 3 aliphatic rings. The maximum absolute atomic E-state index is 12.9. The van der Waals surface area contributed by atoms with Crippen LogP contribution in [0.5, 0.6) is 0 Å². The molecule has 5 nitrogen and oxygen atoms in total. The van der Waals surface area contributed by atoms with Crippen molar-refractivity contribution in [3.63, 3.8) is 0 Å². The van der Waals surface area contributed by atoms with Gasteiger partial charge < -0.3 is 4.90 Å². The number of hydrogen-bond donors (Lipinski definition) is 0. The zero-order valence-electron chi connectivity index (χ0n) is 15.4. The molecule has 2 unspecified atom stereocenters. The third-order valence-electron chi connectivity index (χ3n) is 5.21. The summed E-state index contributed by atoms with van der Waals surface area (Å²) in [4.78, 5) is 14.2. The van der Waals surface area contributed by atoms with E-state index in [4.69, 9.17) is 5.26 Å². The molecule has 1 aliphatic carbocycles. The second kappa shape index (κ2) is 6.92. The number of allylic oxidation sites excluding steroid dienone is 2. The highest BCUT2D eigenvalue weighted by Crippen LogP contribution is 2.36. The molecule has 1 amide bonds. The molecule has 0 saturated heterocycles. The van der Waals surface area contributed by atoms with Crippen LogP contribution in [-0.4, -0.2) is 47.3 Å². The zero-order valence-corrected chi connectivity index (χ0v) is 15.4. The molecule has 2 atom stereocenters. The molecule has 0 fully saturated rings. The van der Waals surface area contributed by atoms with Crippen molar-refractivity contribution in [1.29, 1.82) is 5.26 Å². The van der Waals surface area contributed by atoms with Gasteiger partial charge in [-0.25, -0.2) is 0 Å². The van der Waals surface area contributed by atoms with Crippen LogP contribution < -0.4 is 0 Å². The number of amides is 1. The van der Waals surface area contributed by atoms with Crippen molar-refractivity contribution in [1.82, 2.24) is 9.91 Å². The number of nitriles is 1. The Morgan fingerprint density at radius 1 is 1.34 bits per heavy atom. The lowest BCUT2D eigenvalue weighted by atomic mass is 9.87. The Labute approximate surface area is 165 Å². The van der Waals surface area contributed by atoms with Crippen LogP contribution in [0.2, 0.25) is 0 Å². The van der Waals surface area contributed by atoms with E-state index in [1.54, 1.807) is 23.1 Å². The largest absolute Gasteiger partial charge is 0.407 e. The molecule has 0 radical (unpaired) electrons. The fraction of sp³-hybridized carbons (Fsp3) is 0.286. The first-order valence-corrected chi connectivity index (χ1v) is 9.04. The predicted molar refractivity (Wildman–Crippen MR) is 102 cm³/mol. The van der Waals surface area contributed by atoms with Gasteiger partial charge in [0.05, 0.1) is 18.7 Å². The third kappa shape index (κ3) is 3.56. The van der Waals surface area contributed by atoms with Crippen molar-refractivity contribution in [3.05, 3.63) is 65.3 Å². The van der Waals surface area contributed by atoms with Crippen molar-refractivity contribution >= 4 is 17.7 Å². The minimum absolute atomic E-state index is 0.149. The summed E-state index contributed by atoms with van der Waals surface area (Å²) in [5.41, 5.74) is 3.19. The molecule has 0 saturated carbocycles. The summed E-state index contributed by atoms with van der Waals surface area (Å²) in [6.07, 6.45) is 2.66. The lowest BCUT2D eigenvalue weighted by Crippen LogP contribution is -2.37. The second-order valence-electron chi connectivity index (χ2n) is 7.23. The number of carbonyl (C=O) groups excluding carboxylic acids is 1. The third-order valence-corrected chi connectivity index (χ3v) is 5.21. The number of hydrogen-bond acceptors (Lipinski definition) is 4. The van der Waals surface area contributed by atoms with Crippen LogP contribution in [0.25, 0.3) is 5.57 Å². The van der Waals surface area contributed by atoms with E-state index in [1.165, 1.54) is 6.21 Å². The zero-order chi connectivity index (χ0) is 20.8. The van der Waals surface area contributed by atoms with Gasteiger partial charge in [-0.3, -0.25) is 9.80 Å². The normalized spacial score (nSPS) is 22.4. The van der Waals surface area contributed by atoms with Crippen LogP contribution in [0.3, 0.4) is 0 Å². The molecule has 0 aromatic heterocycles. The molecule has 0 N–H and O–H groups in total. The lowest BCUT2D eigenvalue weighted by molar-refractivity contribution is -0.148. The highest BCUT2D eigenvalue weighted by Gasteiger charge is 2.39. The molecular weight excluding hydrogens is 381 g/mol. The summed E-state index contributed by atoms with van der Waals surface area (Å²) in [5, 5.41) is 13.9. The van der Waals surface area contributed by atoms with Gasteiger partial charge >= 0.3 is 6.18 Å². The Morgan fingerprint density at radius 2 is 2.10 bits per heavy atom. The Balaban J connectivity index is 1.64. The maximum Gasteiger partial charge on any atom is 0.407 e. The molecule has 0 spiro atoms. The van der Waals surface area contributed by atoms with Gasteiger partial charge in [-0.2, -0.15) is 23.5 Å². The van der Waals surface area contributed by atoms with Gasteiger partial charge in [0.2, 0.25) is 0 Å². The number of benzene rings is 1. The quantitative estimate of drug-likeness (QED) is 0.729. The molecule has 0 bridgehead atoms. The van der Waals surface area contributed by atoms with Crippen LogP contribution in [-0.2, 0) is 6.54 Å². The molecule has 2 aliphatic heterocycles. The monoisotopic (exact) mass is 398 g/mol. The van der Waals surface area contributed by atoms with E-state index in [-0.39, 0.29) is 18.4 Å². The van der Waals surface area contributed by atoms with E-state index in [2.05, 4.69) is 11.7 Å². The van der Waals surface area contributed by atoms with E-state index in [0.717, 1.165) is 21.7 Å². The number of fused-ring (bicyclic) bond motifs is 2. The van der Waals surface area contributed by atoms with Crippen molar-refractivity contribution in [2.24, 2.45) is 11.0 Å². The highest BCUT2D eigenvalue weighted by atomic mass is 19.4. The van der Waals surface area contributed by atoms with Gasteiger partial charge in [-0.1, -0.05) is 36.9 Å². The fourth-order valence-corrected chi connectivity index (χ4v) is 3.91. The number of hydrazone groups is 1. The van der Waals surface area contributed by atoms with Crippen LogP contribution in [0.4, 0.5) is 13.2 Å². The van der Waals surface area contributed by atoms with E-state index in [0.29, 0.717) is 17.7 Å². The first-order valence-electron chi connectivity index (χ1n) is 9.04. The van der Waals surface area contributed by atoms with Gasteiger partial charge in [-0.05, 0) is 22.8 Å². The van der Waals surface area contributed by atoms with Crippen LogP contribution in [0, 0.1) is 17.2 Å². The number of rotatable bonds is 4. The Morgan fingerprint density at radius 3 is 2.83 bits per heavy atom. The van der Waals surface area contributed by atoms with E-state index >= 15 is 0 Å². The molecule has 29 heavy (non-hydrogen) atoms. The topological polar surface area (TPSA) is 59.7 Å². The van der Waals surface area contributed by atoms with Crippen molar-refractivity contribution < 1.29 is 18.0 Å². The van der Waals surface area contributed by atoms with Gasteiger partial charge in [0.1, 0.15) is 6.54 Å². The number of nitrogens with zero attached hydrogens (tertiary/aromatic N) is 4. The average Bonchev–Trinajstić information content (AvgIpc) is 3.21. The first kappa shape index (κ1) is 19.0. The van der Waals surface area contributed by atoms with Crippen molar-refractivity contribution in [3.8, 4) is 6.07 Å². The summed E-state index contributed by atoms with van der Waals surface area (Å²) in [6, 6.07) is 6.77. The van der Waals surface area contributed by atoms with E-state index in [1.807, 2.05) is 24.3 Å². The number of alkyl halides is 3. The second-order valence-corrected chi connectivity index (χ2v) is 7.23. The molecule has 1 aromatic rings. The molecular formula is C21H17F3N4O. The maximum atomic E-state index is 12.9. The summed E-state index contributed by atoms with van der Waals surface area (Å²) < 4.78 is 38.6. The average molecular weight is 398 g/mol. The fourth-order valence-electron chi connectivity index (χ4n) is 3.91. The van der Waals surface area contributed by atoms with Gasteiger partial charge in [0.25, 0.3) is 5.91 Å². The van der Waals surface area contributed by atoms with Crippen molar-refractivity contribution in [2.75, 3.05) is 13.1 Å². The van der Waals surface area contributed by atoms with E-state index in [9.17, 15) is 18.0 Å². The molecule has 2 heterocycles. The van der Waals surface area contributed by atoms with Crippen LogP contribution >= 0.6 is 0 Å². The standard InChI is InChI=1S/C21H17F3N4O/c1-13(8-25)10-27-11-18-16(3-2-4-17(18)20(27)29)14-5-6-15-9-26-28(19(15)7-14)12-21(22,23)24/h2-7,9,15,19H,1,10-12H2. The van der Waals surface area contributed by atoms with Gasteiger partial charge in [0, 0.05) is 29.8 Å². The van der Waals surface area contributed by atoms with E-state index < -0.39 is 18.8 Å². The molecule has 148 valence electrons. The van der Waals surface area contributed by atoms with Crippen LogP contribution in [0.1, 0.15) is 21.5 Å². The summed E-state index contributed by atoms with van der Waals surface area (Å²) in [5.74, 6) is -0.394. The van der Waals surface area contributed by atoms with Gasteiger partial charge in [-0.15, -0.1) is 0 Å². The minimum Gasteiger partial charge on any atom is -0.329 e. The minimum atomic E-state index is -4.34. The molecule has 8 heteroatoms. The first-order chi connectivity index (χ1) is 13.8. The Kier molecular flexibility index (Phi) is 4.53. The Hall–Kier alpha value is -3.34. The van der Waals surface area contributed by atoms with Crippen LogP contribution in [0.15, 0.2) is 53.7 Å². The molecule has 4 rings (SSSR count).